The topological polar surface area (TPSA) is 74.2 Å². The average molecular weight is 420 g/mol. The fraction of sp³-hybridized carbons (Fsp3) is 0.160. The Labute approximate surface area is 181 Å². The van der Waals surface area contributed by atoms with Crippen LogP contribution in [-0.2, 0) is 6.61 Å². The fourth-order valence-corrected chi connectivity index (χ4v) is 3.00. The molecule has 0 aliphatic heterocycles. The van der Waals surface area contributed by atoms with Gasteiger partial charge in [0.1, 0.15) is 29.4 Å². The number of rotatable bonds is 9. The fourth-order valence-electron chi connectivity index (χ4n) is 3.00. The van der Waals surface area contributed by atoms with Crippen molar-refractivity contribution in [1.29, 1.82) is 0 Å². The Kier molecular flexibility index (Phi) is 7.17. The molecule has 160 valence electrons. The van der Waals surface area contributed by atoms with Gasteiger partial charge in [0.15, 0.2) is 17.3 Å². The second-order valence-corrected chi connectivity index (χ2v) is 6.61. The molecule has 0 amide bonds. The van der Waals surface area contributed by atoms with Gasteiger partial charge in [-0.2, -0.15) is 0 Å². The van der Waals surface area contributed by atoms with E-state index in [0.29, 0.717) is 23.9 Å². The van der Waals surface area contributed by atoms with Crippen LogP contribution in [0.25, 0.3) is 6.08 Å². The molecule has 0 atom stereocenters. The Morgan fingerprint density at radius 2 is 1.61 bits per heavy atom. The molecule has 0 saturated heterocycles. The van der Waals surface area contributed by atoms with Gasteiger partial charge >= 0.3 is 0 Å². The molecule has 6 heteroatoms. The number of allylic oxidation sites excluding steroid dienone is 1. The summed E-state index contributed by atoms with van der Waals surface area (Å²) in [6, 6.07) is 18.1. The van der Waals surface area contributed by atoms with E-state index in [9.17, 15) is 9.90 Å². The van der Waals surface area contributed by atoms with E-state index in [1.807, 2.05) is 36.4 Å². The highest BCUT2D eigenvalue weighted by atomic mass is 16.5. The Balaban J connectivity index is 1.77. The molecule has 1 N–H and O–H groups in total. The quantitative estimate of drug-likeness (QED) is 0.392. The second-order valence-electron chi connectivity index (χ2n) is 6.61. The molecule has 0 fully saturated rings. The summed E-state index contributed by atoms with van der Waals surface area (Å²) in [7, 11) is 4.45. The van der Waals surface area contributed by atoms with Crippen LogP contribution in [0.3, 0.4) is 0 Å². The summed E-state index contributed by atoms with van der Waals surface area (Å²) in [5.74, 6) is 1.16. The van der Waals surface area contributed by atoms with Crippen LogP contribution >= 0.6 is 0 Å². The smallest absolute Gasteiger partial charge is 0.193 e. The summed E-state index contributed by atoms with van der Waals surface area (Å²) < 4.78 is 21.6. The van der Waals surface area contributed by atoms with Crippen molar-refractivity contribution >= 4 is 11.9 Å². The van der Waals surface area contributed by atoms with Crippen LogP contribution in [0.2, 0.25) is 0 Å². The van der Waals surface area contributed by atoms with E-state index in [4.69, 9.17) is 18.9 Å². The first-order chi connectivity index (χ1) is 15.0. The summed E-state index contributed by atoms with van der Waals surface area (Å²) >= 11 is 0. The number of ketones is 1. The third-order valence-electron chi connectivity index (χ3n) is 4.61. The Bertz CT molecular complexity index is 1070. The van der Waals surface area contributed by atoms with Gasteiger partial charge in [-0.3, -0.25) is 4.79 Å². The van der Waals surface area contributed by atoms with Gasteiger partial charge in [0.05, 0.1) is 21.3 Å². The zero-order chi connectivity index (χ0) is 22.2. The summed E-state index contributed by atoms with van der Waals surface area (Å²) in [6.07, 6.45) is 3.00. The van der Waals surface area contributed by atoms with Gasteiger partial charge in [0.25, 0.3) is 0 Å². The minimum atomic E-state index is -0.402. The van der Waals surface area contributed by atoms with E-state index >= 15 is 0 Å². The van der Waals surface area contributed by atoms with Gasteiger partial charge in [-0.05, 0) is 29.3 Å². The summed E-state index contributed by atoms with van der Waals surface area (Å²) in [5.41, 5.74) is 1.85. The molecule has 0 aromatic heterocycles. The van der Waals surface area contributed by atoms with Crippen molar-refractivity contribution in [1.82, 2.24) is 0 Å². The van der Waals surface area contributed by atoms with Crippen LogP contribution in [0.1, 0.15) is 21.5 Å². The zero-order valence-corrected chi connectivity index (χ0v) is 17.6. The van der Waals surface area contributed by atoms with Crippen molar-refractivity contribution < 1.29 is 28.8 Å². The maximum atomic E-state index is 12.7. The number of hydrogen-bond donors (Lipinski definition) is 1. The van der Waals surface area contributed by atoms with Crippen LogP contribution in [0.4, 0.5) is 0 Å². The highest BCUT2D eigenvalue weighted by Gasteiger charge is 2.17. The van der Waals surface area contributed by atoms with Gasteiger partial charge in [0.2, 0.25) is 0 Å². The number of ether oxygens (including phenoxy) is 4. The maximum absolute atomic E-state index is 12.7. The van der Waals surface area contributed by atoms with Gasteiger partial charge in [-0.15, -0.1) is 0 Å². The Morgan fingerprint density at radius 1 is 0.871 bits per heavy atom. The van der Waals surface area contributed by atoms with E-state index in [-0.39, 0.29) is 17.1 Å². The van der Waals surface area contributed by atoms with Gasteiger partial charge in [0, 0.05) is 12.1 Å². The molecule has 3 aromatic rings. The number of carbonyl (C=O) groups excluding carboxylic acids is 1. The van der Waals surface area contributed by atoms with Crippen LogP contribution in [0, 0.1) is 0 Å². The number of aromatic hydroxyl groups is 1. The zero-order valence-electron chi connectivity index (χ0n) is 17.6. The van der Waals surface area contributed by atoms with E-state index in [2.05, 4.69) is 0 Å². The molecule has 0 unspecified atom stereocenters. The molecule has 6 nitrogen and oxygen atoms in total. The number of carbonyl (C=O) groups is 1. The lowest BCUT2D eigenvalue weighted by molar-refractivity contribution is 0.104. The molecule has 0 heterocycles. The maximum Gasteiger partial charge on any atom is 0.193 e. The average Bonchev–Trinajstić information content (AvgIpc) is 2.81. The SMILES string of the molecule is COc1cc(O)c(C(=O)/C=C/c2ccc(OCc3ccccc3)c(OC)c2)c(OC)c1. The van der Waals surface area contributed by atoms with Crippen LogP contribution < -0.4 is 18.9 Å². The van der Waals surface area contributed by atoms with Crippen molar-refractivity contribution in [2.75, 3.05) is 21.3 Å². The van der Waals surface area contributed by atoms with Gasteiger partial charge in [-0.1, -0.05) is 42.5 Å². The number of benzene rings is 3. The first kappa shape index (κ1) is 21.8. The number of phenolic OH excluding ortho intramolecular Hbond substituents is 1. The molecule has 0 aliphatic rings. The van der Waals surface area contributed by atoms with Crippen molar-refractivity contribution in [3.8, 4) is 28.7 Å². The molecule has 0 saturated carbocycles. The molecule has 31 heavy (non-hydrogen) atoms. The normalized spacial score (nSPS) is 10.7. The third-order valence-corrected chi connectivity index (χ3v) is 4.61. The highest BCUT2D eigenvalue weighted by Crippen LogP contribution is 2.34. The summed E-state index contributed by atoms with van der Waals surface area (Å²) in [6.45, 7) is 0.418. The van der Waals surface area contributed by atoms with E-state index in [1.54, 1.807) is 31.4 Å². The Hall–Kier alpha value is -3.93. The van der Waals surface area contributed by atoms with E-state index in [1.165, 1.54) is 26.4 Å². The van der Waals surface area contributed by atoms with Crippen molar-refractivity contribution in [3.05, 3.63) is 83.4 Å². The largest absolute Gasteiger partial charge is 0.507 e. The van der Waals surface area contributed by atoms with Gasteiger partial charge in [-0.25, -0.2) is 0 Å². The molecule has 3 aromatic carbocycles. The summed E-state index contributed by atoms with van der Waals surface area (Å²) in [5, 5.41) is 10.2. The predicted octanol–water partition coefficient (Wildman–Crippen LogP) is 4.89. The van der Waals surface area contributed by atoms with Crippen LogP contribution in [-0.4, -0.2) is 32.2 Å². The third kappa shape index (κ3) is 5.36. The molecular weight excluding hydrogens is 396 g/mol. The molecule has 0 aliphatic carbocycles. The van der Waals surface area contributed by atoms with Crippen molar-refractivity contribution in [2.45, 2.75) is 6.61 Å². The number of phenols is 1. The van der Waals surface area contributed by atoms with Gasteiger partial charge < -0.3 is 24.1 Å². The summed E-state index contributed by atoms with van der Waals surface area (Å²) in [4.78, 5) is 12.7. The van der Waals surface area contributed by atoms with Crippen LogP contribution in [0.5, 0.6) is 28.7 Å². The minimum Gasteiger partial charge on any atom is -0.507 e. The highest BCUT2D eigenvalue weighted by molar-refractivity contribution is 6.10. The first-order valence-electron chi connectivity index (χ1n) is 9.58. The molecule has 0 spiro atoms. The number of hydrogen-bond acceptors (Lipinski definition) is 6. The lowest BCUT2D eigenvalue weighted by Crippen LogP contribution is -2.00. The lowest BCUT2D eigenvalue weighted by atomic mass is 10.1. The molecular formula is C25H24O6. The van der Waals surface area contributed by atoms with Crippen molar-refractivity contribution in [3.63, 3.8) is 0 Å². The van der Waals surface area contributed by atoms with Crippen LogP contribution in [0.15, 0.2) is 66.7 Å². The Morgan fingerprint density at radius 3 is 2.29 bits per heavy atom. The molecule has 0 radical (unpaired) electrons. The van der Waals surface area contributed by atoms with E-state index in [0.717, 1.165) is 11.1 Å². The second kappa shape index (κ2) is 10.2. The number of methoxy groups -OCH3 is 3. The predicted molar refractivity (Wildman–Crippen MR) is 118 cm³/mol. The van der Waals surface area contributed by atoms with E-state index < -0.39 is 5.78 Å². The minimum absolute atomic E-state index is 0.0642. The standard InChI is InChI=1S/C25H24O6/c1-28-19-14-21(27)25(24(15-19)30-3)20(26)11-9-17-10-12-22(23(13-17)29-2)31-16-18-7-5-4-6-8-18/h4-15,27H,16H2,1-3H3/b11-9+. The molecule has 3 rings (SSSR count). The van der Waals surface area contributed by atoms with Crippen molar-refractivity contribution in [2.24, 2.45) is 0 Å². The molecule has 0 bridgehead atoms. The monoisotopic (exact) mass is 420 g/mol. The lowest BCUT2D eigenvalue weighted by Gasteiger charge is -2.12. The first-order valence-corrected chi connectivity index (χ1v) is 9.58.